The fourth-order valence-electron chi connectivity index (χ4n) is 3.74. The van der Waals surface area contributed by atoms with E-state index in [1.54, 1.807) is 6.20 Å². The van der Waals surface area contributed by atoms with E-state index >= 15 is 0 Å². The molecule has 136 valence electrons. The summed E-state index contributed by atoms with van der Waals surface area (Å²) in [4.78, 5) is 18.7. The number of carbonyl (C=O) groups excluding carboxylic acids is 1. The molecular formula is C21H24N2O2S. The monoisotopic (exact) mass is 368 g/mol. The zero-order valence-electron chi connectivity index (χ0n) is 15.1. The van der Waals surface area contributed by atoms with Gasteiger partial charge in [0.15, 0.2) is 0 Å². The Labute approximate surface area is 159 Å². The van der Waals surface area contributed by atoms with Crippen LogP contribution in [0.2, 0.25) is 0 Å². The van der Waals surface area contributed by atoms with Gasteiger partial charge in [-0.25, -0.2) is 0 Å². The van der Waals surface area contributed by atoms with Crippen LogP contribution in [-0.4, -0.2) is 45.5 Å². The van der Waals surface area contributed by atoms with Crippen LogP contribution in [-0.2, 0) is 22.6 Å². The molecular weight excluding hydrogens is 344 g/mol. The molecule has 1 aromatic carbocycles. The summed E-state index contributed by atoms with van der Waals surface area (Å²) < 4.78 is 6.27. The molecule has 0 bridgehead atoms. The zero-order valence-corrected chi connectivity index (χ0v) is 15.9. The van der Waals surface area contributed by atoms with E-state index in [1.165, 1.54) is 5.56 Å². The minimum absolute atomic E-state index is 0.209. The predicted octanol–water partition coefficient (Wildman–Crippen LogP) is 3.24. The van der Waals surface area contributed by atoms with Gasteiger partial charge in [0.2, 0.25) is 5.91 Å². The average Bonchev–Trinajstić information content (AvgIpc) is 3.06. The molecule has 0 unspecified atom stereocenters. The van der Waals surface area contributed by atoms with Crippen molar-refractivity contribution in [1.82, 2.24) is 9.88 Å². The molecule has 1 spiro atoms. The summed E-state index contributed by atoms with van der Waals surface area (Å²) in [6, 6.07) is 12.1. The number of rotatable bonds is 5. The summed E-state index contributed by atoms with van der Waals surface area (Å²) in [5.74, 6) is 1.25. The van der Waals surface area contributed by atoms with Gasteiger partial charge in [-0.05, 0) is 36.1 Å². The van der Waals surface area contributed by atoms with Gasteiger partial charge in [0.25, 0.3) is 0 Å². The van der Waals surface area contributed by atoms with E-state index in [9.17, 15) is 4.79 Å². The first-order valence-corrected chi connectivity index (χ1v) is 10.1. The molecule has 2 aliphatic heterocycles. The van der Waals surface area contributed by atoms with Gasteiger partial charge in [-0.2, -0.15) is 0 Å². The number of likely N-dealkylation sites (tertiary alicyclic amines) is 1. The molecule has 0 N–H and O–H groups in total. The van der Waals surface area contributed by atoms with Crippen molar-refractivity contribution in [2.45, 2.75) is 37.2 Å². The molecule has 26 heavy (non-hydrogen) atoms. The fraction of sp³-hybridized carbons (Fsp3) is 0.429. The third-order valence-electron chi connectivity index (χ3n) is 5.30. The topological polar surface area (TPSA) is 42.4 Å². The summed E-state index contributed by atoms with van der Waals surface area (Å²) in [6.45, 7) is 4.40. The number of amides is 1. The molecule has 5 heteroatoms. The Morgan fingerprint density at radius 1 is 1.31 bits per heavy atom. The Balaban J connectivity index is 1.25. The van der Waals surface area contributed by atoms with Crippen LogP contribution >= 0.6 is 11.8 Å². The fourth-order valence-corrected chi connectivity index (χ4v) is 5.29. The van der Waals surface area contributed by atoms with Gasteiger partial charge in [-0.15, -0.1) is 11.8 Å². The molecule has 1 atom stereocenters. The second-order valence-electron chi connectivity index (χ2n) is 7.35. The number of aromatic nitrogens is 1. The van der Waals surface area contributed by atoms with Gasteiger partial charge in [0.05, 0.1) is 23.9 Å². The van der Waals surface area contributed by atoms with Crippen molar-refractivity contribution in [3.63, 3.8) is 0 Å². The van der Waals surface area contributed by atoms with Crippen molar-refractivity contribution in [3.05, 3.63) is 65.5 Å². The van der Waals surface area contributed by atoms with Gasteiger partial charge in [0, 0.05) is 31.2 Å². The van der Waals surface area contributed by atoms with Crippen LogP contribution < -0.4 is 0 Å². The first-order chi connectivity index (χ1) is 12.6. The van der Waals surface area contributed by atoms with Crippen LogP contribution in [0.4, 0.5) is 0 Å². The third-order valence-corrected chi connectivity index (χ3v) is 6.87. The van der Waals surface area contributed by atoms with Gasteiger partial charge in [-0.1, -0.05) is 30.3 Å². The van der Waals surface area contributed by atoms with E-state index in [0.717, 1.165) is 36.4 Å². The predicted molar refractivity (Wildman–Crippen MR) is 104 cm³/mol. The number of benzene rings is 1. The molecule has 4 rings (SSSR count). The van der Waals surface area contributed by atoms with E-state index in [2.05, 4.69) is 24.0 Å². The lowest BCUT2D eigenvalue weighted by Gasteiger charge is -2.47. The van der Waals surface area contributed by atoms with Crippen LogP contribution in [0.1, 0.15) is 23.1 Å². The molecule has 1 aromatic heterocycles. The SMILES string of the molecule is Cc1ccccc1CC(=O)N1CC2(C[C@@H](OCc3cccnc3)CS2)C1. The largest absolute Gasteiger partial charge is 0.373 e. The number of pyridine rings is 1. The second kappa shape index (κ2) is 7.41. The number of thioether (sulfide) groups is 1. The maximum absolute atomic E-state index is 12.6. The van der Waals surface area contributed by atoms with Crippen molar-refractivity contribution in [3.8, 4) is 0 Å². The lowest BCUT2D eigenvalue weighted by atomic mass is 9.92. The maximum atomic E-state index is 12.6. The summed E-state index contributed by atoms with van der Waals surface area (Å²) in [5.41, 5.74) is 3.44. The highest BCUT2D eigenvalue weighted by atomic mass is 32.2. The van der Waals surface area contributed by atoms with Gasteiger partial charge in [0.1, 0.15) is 0 Å². The van der Waals surface area contributed by atoms with Gasteiger partial charge < -0.3 is 9.64 Å². The van der Waals surface area contributed by atoms with E-state index in [-0.39, 0.29) is 16.8 Å². The molecule has 4 nitrogen and oxygen atoms in total. The van der Waals surface area contributed by atoms with Crippen molar-refractivity contribution < 1.29 is 9.53 Å². The van der Waals surface area contributed by atoms with Crippen LogP contribution in [0.25, 0.3) is 0 Å². The van der Waals surface area contributed by atoms with Crippen LogP contribution in [0.15, 0.2) is 48.8 Å². The standard InChI is InChI=1S/C21H24N2O2S/c1-16-5-2-3-7-18(16)9-20(24)23-14-21(15-23)10-19(13-26-21)25-12-17-6-4-8-22-11-17/h2-8,11,19H,9-10,12-15H2,1H3/t19-/m1/s1. The normalized spacial score (nSPS) is 21.0. The molecule has 2 aliphatic rings. The molecule has 2 saturated heterocycles. The van der Waals surface area contributed by atoms with Crippen molar-refractivity contribution in [2.24, 2.45) is 0 Å². The Kier molecular flexibility index (Phi) is 5.00. The lowest BCUT2D eigenvalue weighted by molar-refractivity contribution is -0.136. The van der Waals surface area contributed by atoms with Crippen molar-refractivity contribution in [2.75, 3.05) is 18.8 Å². The van der Waals surface area contributed by atoms with E-state index < -0.39 is 0 Å². The highest BCUT2D eigenvalue weighted by molar-refractivity contribution is 8.01. The van der Waals surface area contributed by atoms with E-state index in [0.29, 0.717) is 13.0 Å². The number of carbonyl (C=O) groups is 1. The smallest absolute Gasteiger partial charge is 0.227 e. The number of hydrogen-bond donors (Lipinski definition) is 0. The zero-order chi connectivity index (χ0) is 18.0. The first-order valence-electron chi connectivity index (χ1n) is 9.10. The summed E-state index contributed by atoms with van der Waals surface area (Å²) >= 11 is 1.97. The summed E-state index contributed by atoms with van der Waals surface area (Å²) in [7, 11) is 0. The lowest BCUT2D eigenvalue weighted by Crippen LogP contribution is -2.61. The quantitative estimate of drug-likeness (QED) is 0.813. The minimum atomic E-state index is 0.209. The summed E-state index contributed by atoms with van der Waals surface area (Å²) in [6.07, 6.45) is 5.45. The Hall–Kier alpha value is -1.85. The van der Waals surface area contributed by atoms with Crippen molar-refractivity contribution in [1.29, 1.82) is 0 Å². The molecule has 0 saturated carbocycles. The van der Waals surface area contributed by atoms with Gasteiger partial charge >= 0.3 is 0 Å². The van der Waals surface area contributed by atoms with Crippen molar-refractivity contribution >= 4 is 17.7 Å². The number of ether oxygens (including phenoxy) is 1. The van der Waals surface area contributed by atoms with Crippen LogP contribution in [0.3, 0.4) is 0 Å². The molecule has 2 fully saturated rings. The van der Waals surface area contributed by atoms with E-state index in [1.807, 2.05) is 47.1 Å². The average molecular weight is 369 g/mol. The first kappa shape index (κ1) is 17.6. The minimum Gasteiger partial charge on any atom is -0.373 e. The Bertz CT molecular complexity index is 775. The Morgan fingerprint density at radius 3 is 2.92 bits per heavy atom. The summed E-state index contributed by atoms with van der Waals surface area (Å²) in [5, 5.41) is 0. The highest BCUT2D eigenvalue weighted by Gasteiger charge is 2.50. The Morgan fingerprint density at radius 2 is 2.15 bits per heavy atom. The van der Waals surface area contributed by atoms with Crippen LogP contribution in [0.5, 0.6) is 0 Å². The molecule has 0 radical (unpaired) electrons. The third kappa shape index (κ3) is 3.79. The van der Waals surface area contributed by atoms with E-state index in [4.69, 9.17) is 4.74 Å². The van der Waals surface area contributed by atoms with Gasteiger partial charge in [-0.3, -0.25) is 9.78 Å². The number of aryl methyl sites for hydroxylation is 1. The second-order valence-corrected chi connectivity index (χ2v) is 8.83. The molecule has 1 amide bonds. The van der Waals surface area contributed by atoms with Crippen LogP contribution in [0, 0.1) is 6.92 Å². The highest BCUT2D eigenvalue weighted by Crippen LogP contribution is 2.46. The molecule has 2 aromatic rings. The number of nitrogens with zero attached hydrogens (tertiary/aromatic N) is 2. The number of hydrogen-bond acceptors (Lipinski definition) is 4. The molecule has 3 heterocycles. The maximum Gasteiger partial charge on any atom is 0.227 e. The molecule has 0 aliphatic carbocycles.